The SMILES string of the molecule is COC(=O)c1c(C)[nH]c2c(F)ccc(Cl)c12. The van der Waals surface area contributed by atoms with Crippen molar-refractivity contribution in [3.05, 3.63) is 34.2 Å². The van der Waals surface area contributed by atoms with Gasteiger partial charge in [-0.25, -0.2) is 9.18 Å². The molecule has 1 heterocycles. The van der Waals surface area contributed by atoms with E-state index in [0.717, 1.165) is 0 Å². The van der Waals surface area contributed by atoms with Gasteiger partial charge in [-0.1, -0.05) is 11.6 Å². The Morgan fingerprint density at radius 1 is 1.50 bits per heavy atom. The number of carbonyl (C=O) groups is 1. The van der Waals surface area contributed by atoms with Gasteiger partial charge in [0.05, 0.1) is 23.2 Å². The minimum atomic E-state index is -0.531. The number of benzene rings is 1. The van der Waals surface area contributed by atoms with E-state index in [1.54, 1.807) is 6.92 Å². The second kappa shape index (κ2) is 3.79. The van der Waals surface area contributed by atoms with Gasteiger partial charge in [0.1, 0.15) is 5.82 Å². The number of rotatable bonds is 1. The highest BCUT2D eigenvalue weighted by Crippen LogP contribution is 2.31. The monoisotopic (exact) mass is 241 g/mol. The van der Waals surface area contributed by atoms with Crippen LogP contribution in [0, 0.1) is 12.7 Å². The molecule has 84 valence electrons. The number of aromatic nitrogens is 1. The van der Waals surface area contributed by atoms with Crippen LogP contribution in [-0.4, -0.2) is 18.1 Å². The van der Waals surface area contributed by atoms with Crippen LogP contribution in [0.3, 0.4) is 0 Å². The van der Waals surface area contributed by atoms with E-state index < -0.39 is 11.8 Å². The minimum absolute atomic E-state index is 0.227. The van der Waals surface area contributed by atoms with Crippen LogP contribution in [0.15, 0.2) is 12.1 Å². The summed E-state index contributed by atoms with van der Waals surface area (Å²) in [5.41, 5.74) is 1.04. The largest absolute Gasteiger partial charge is 0.465 e. The van der Waals surface area contributed by atoms with E-state index >= 15 is 0 Å². The molecule has 2 aromatic rings. The normalized spacial score (nSPS) is 10.8. The van der Waals surface area contributed by atoms with Crippen LogP contribution in [0.2, 0.25) is 5.02 Å². The molecule has 0 aliphatic heterocycles. The predicted molar refractivity (Wildman–Crippen MR) is 59.3 cm³/mol. The Hall–Kier alpha value is -1.55. The molecule has 0 aliphatic carbocycles. The number of aromatic amines is 1. The van der Waals surface area contributed by atoms with Crippen molar-refractivity contribution < 1.29 is 13.9 Å². The van der Waals surface area contributed by atoms with E-state index in [-0.39, 0.29) is 11.1 Å². The fraction of sp³-hybridized carbons (Fsp3) is 0.182. The van der Waals surface area contributed by atoms with E-state index in [0.29, 0.717) is 16.1 Å². The predicted octanol–water partition coefficient (Wildman–Crippen LogP) is 3.06. The number of aryl methyl sites for hydroxylation is 1. The van der Waals surface area contributed by atoms with E-state index in [1.807, 2.05) is 0 Å². The minimum Gasteiger partial charge on any atom is -0.465 e. The Balaban J connectivity index is 2.88. The van der Waals surface area contributed by atoms with Gasteiger partial charge in [-0.05, 0) is 19.1 Å². The first-order chi connectivity index (χ1) is 7.56. The van der Waals surface area contributed by atoms with Crippen molar-refractivity contribution >= 4 is 28.5 Å². The van der Waals surface area contributed by atoms with E-state index in [9.17, 15) is 9.18 Å². The lowest BCUT2D eigenvalue weighted by Gasteiger charge is -2.00. The van der Waals surface area contributed by atoms with Gasteiger partial charge in [0, 0.05) is 11.1 Å². The number of esters is 1. The number of ether oxygens (including phenoxy) is 1. The Morgan fingerprint density at radius 2 is 2.19 bits per heavy atom. The quantitative estimate of drug-likeness (QED) is 0.780. The highest BCUT2D eigenvalue weighted by molar-refractivity contribution is 6.36. The van der Waals surface area contributed by atoms with Crippen LogP contribution in [0.4, 0.5) is 4.39 Å². The molecule has 0 radical (unpaired) electrons. The van der Waals surface area contributed by atoms with Crippen molar-refractivity contribution in [2.75, 3.05) is 7.11 Å². The maximum Gasteiger partial charge on any atom is 0.340 e. The summed E-state index contributed by atoms with van der Waals surface area (Å²) in [4.78, 5) is 14.3. The van der Waals surface area contributed by atoms with Gasteiger partial charge in [0.2, 0.25) is 0 Å². The number of hydrogen-bond acceptors (Lipinski definition) is 2. The Morgan fingerprint density at radius 3 is 2.81 bits per heavy atom. The van der Waals surface area contributed by atoms with Crippen LogP contribution in [0.25, 0.3) is 10.9 Å². The van der Waals surface area contributed by atoms with Crippen LogP contribution in [-0.2, 0) is 4.74 Å². The van der Waals surface area contributed by atoms with Gasteiger partial charge >= 0.3 is 5.97 Å². The molecule has 0 bridgehead atoms. The fourth-order valence-electron chi connectivity index (χ4n) is 1.71. The number of halogens is 2. The molecule has 0 fully saturated rings. The molecule has 16 heavy (non-hydrogen) atoms. The maximum absolute atomic E-state index is 13.5. The van der Waals surface area contributed by atoms with Crippen LogP contribution < -0.4 is 0 Å². The number of carbonyl (C=O) groups excluding carboxylic acids is 1. The average molecular weight is 242 g/mol. The first-order valence-electron chi connectivity index (χ1n) is 4.61. The second-order valence-corrected chi connectivity index (χ2v) is 3.80. The smallest absolute Gasteiger partial charge is 0.340 e. The molecule has 0 atom stereocenters. The summed E-state index contributed by atoms with van der Waals surface area (Å²) in [5.74, 6) is -0.978. The van der Waals surface area contributed by atoms with Gasteiger partial charge in [-0.3, -0.25) is 0 Å². The summed E-state index contributed by atoms with van der Waals surface area (Å²) in [6, 6.07) is 2.67. The third-order valence-corrected chi connectivity index (χ3v) is 2.75. The van der Waals surface area contributed by atoms with Crippen LogP contribution in [0.5, 0.6) is 0 Å². The highest BCUT2D eigenvalue weighted by atomic mass is 35.5. The Labute approximate surface area is 96.2 Å². The molecule has 1 N–H and O–H groups in total. The Kier molecular flexibility index (Phi) is 2.59. The van der Waals surface area contributed by atoms with Crippen molar-refractivity contribution in [2.45, 2.75) is 6.92 Å². The zero-order valence-electron chi connectivity index (χ0n) is 8.73. The summed E-state index contributed by atoms with van der Waals surface area (Å²) in [5, 5.41) is 0.687. The maximum atomic E-state index is 13.5. The number of fused-ring (bicyclic) bond motifs is 1. The number of nitrogens with one attached hydrogen (secondary N) is 1. The first-order valence-corrected chi connectivity index (χ1v) is 4.98. The fourth-order valence-corrected chi connectivity index (χ4v) is 1.97. The molecular formula is C11H9ClFNO2. The topological polar surface area (TPSA) is 42.1 Å². The van der Waals surface area contributed by atoms with Gasteiger partial charge in [0.15, 0.2) is 0 Å². The van der Waals surface area contributed by atoms with Crippen molar-refractivity contribution in [1.29, 1.82) is 0 Å². The Bertz CT molecular complexity index is 577. The summed E-state index contributed by atoms with van der Waals surface area (Å²) < 4.78 is 18.1. The van der Waals surface area contributed by atoms with E-state index in [1.165, 1.54) is 19.2 Å². The molecule has 1 aromatic carbocycles. The van der Waals surface area contributed by atoms with E-state index in [2.05, 4.69) is 9.72 Å². The van der Waals surface area contributed by atoms with Crippen molar-refractivity contribution in [2.24, 2.45) is 0 Å². The van der Waals surface area contributed by atoms with Gasteiger partial charge < -0.3 is 9.72 Å². The lowest BCUT2D eigenvalue weighted by Crippen LogP contribution is -2.02. The number of methoxy groups -OCH3 is 1. The van der Waals surface area contributed by atoms with E-state index in [4.69, 9.17) is 11.6 Å². The zero-order valence-corrected chi connectivity index (χ0v) is 9.48. The molecule has 3 nitrogen and oxygen atoms in total. The molecule has 0 amide bonds. The first kappa shape index (κ1) is 11.0. The van der Waals surface area contributed by atoms with Gasteiger partial charge in [0.25, 0.3) is 0 Å². The van der Waals surface area contributed by atoms with Gasteiger partial charge in [-0.2, -0.15) is 0 Å². The number of hydrogen-bond donors (Lipinski definition) is 1. The molecule has 5 heteroatoms. The molecule has 0 saturated heterocycles. The number of H-pyrrole nitrogens is 1. The zero-order chi connectivity index (χ0) is 11.9. The third-order valence-electron chi connectivity index (χ3n) is 2.43. The van der Waals surface area contributed by atoms with Crippen molar-refractivity contribution in [3.8, 4) is 0 Å². The van der Waals surface area contributed by atoms with Crippen LogP contribution >= 0.6 is 11.6 Å². The molecule has 0 unspecified atom stereocenters. The summed E-state index contributed by atoms with van der Waals surface area (Å²) in [7, 11) is 1.27. The molecule has 1 aromatic heterocycles. The molecule has 0 spiro atoms. The van der Waals surface area contributed by atoms with Crippen molar-refractivity contribution in [3.63, 3.8) is 0 Å². The van der Waals surface area contributed by atoms with Crippen LogP contribution in [0.1, 0.15) is 16.1 Å². The third kappa shape index (κ3) is 1.46. The average Bonchev–Trinajstić information content (AvgIpc) is 2.61. The lowest BCUT2D eigenvalue weighted by atomic mass is 10.1. The lowest BCUT2D eigenvalue weighted by molar-refractivity contribution is 0.0602. The molecular weight excluding hydrogens is 233 g/mol. The summed E-state index contributed by atoms with van der Waals surface area (Å²) >= 11 is 5.95. The summed E-state index contributed by atoms with van der Waals surface area (Å²) in [6.45, 7) is 1.67. The van der Waals surface area contributed by atoms with Crippen molar-refractivity contribution in [1.82, 2.24) is 4.98 Å². The standard InChI is InChI=1S/C11H9ClFNO2/c1-5-8(11(15)16-2)9-6(12)3-4-7(13)10(9)14-5/h3-4,14H,1-2H3. The molecule has 0 saturated carbocycles. The molecule has 0 aliphatic rings. The van der Waals surface area contributed by atoms with Gasteiger partial charge in [-0.15, -0.1) is 0 Å². The second-order valence-electron chi connectivity index (χ2n) is 3.40. The molecule has 2 rings (SSSR count). The highest BCUT2D eigenvalue weighted by Gasteiger charge is 2.20. The summed E-state index contributed by atoms with van der Waals surface area (Å²) in [6.07, 6.45) is 0.